The van der Waals surface area contributed by atoms with E-state index in [2.05, 4.69) is 38.8 Å². The van der Waals surface area contributed by atoms with Crippen LogP contribution in [0.2, 0.25) is 0 Å². The van der Waals surface area contributed by atoms with E-state index in [0.717, 1.165) is 38.5 Å². The Morgan fingerprint density at radius 2 is 1.43 bits per heavy atom. The van der Waals surface area contributed by atoms with Crippen molar-refractivity contribution >= 4 is 43.4 Å². The van der Waals surface area contributed by atoms with E-state index >= 15 is 0 Å². The molecule has 2 aromatic rings. The molecule has 2 aromatic carbocycles. The van der Waals surface area contributed by atoms with Gasteiger partial charge in [-0.15, -0.1) is 0 Å². The van der Waals surface area contributed by atoms with Crippen molar-refractivity contribution in [3.05, 3.63) is 74.7 Å². The molecule has 0 N–H and O–H groups in total. The van der Waals surface area contributed by atoms with Crippen LogP contribution in [0.5, 0.6) is 0 Å². The minimum absolute atomic E-state index is 0.306. The first-order chi connectivity index (χ1) is 11.1. The molecule has 0 atom stereocenters. The van der Waals surface area contributed by atoms with Gasteiger partial charge in [0, 0.05) is 15.0 Å². The maximum absolute atomic E-state index is 12.1. The highest BCUT2D eigenvalue weighted by atomic mass is 79.9. The van der Waals surface area contributed by atoms with Crippen molar-refractivity contribution in [2.24, 2.45) is 0 Å². The summed E-state index contributed by atoms with van der Waals surface area (Å²) in [7, 11) is 0. The Bertz CT molecular complexity index is 626. The van der Waals surface area contributed by atoms with Crippen molar-refractivity contribution in [1.82, 2.24) is 0 Å². The molecule has 120 valence electrons. The third-order valence-electron chi connectivity index (χ3n) is 3.31. The predicted octanol–water partition coefficient (Wildman–Crippen LogP) is 5.99. The molecule has 0 aromatic heterocycles. The molecule has 0 fully saturated rings. The standard InChI is InChI=1S/C19H18Br2O2/c1-2-3-12-23-19(22)13-18(14-4-8-16(20)9-5-14)15-6-10-17(21)11-7-15/h4-11,13H,2-3,12H2,1H3. The fraction of sp³-hybridized carbons (Fsp3) is 0.211. The van der Waals surface area contributed by atoms with Gasteiger partial charge in [0.15, 0.2) is 0 Å². The summed E-state index contributed by atoms with van der Waals surface area (Å²) < 4.78 is 7.27. The van der Waals surface area contributed by atoms with Gasteiger partial charge < -0.3 is 4.74 Å². The predicted molar refractivity (Wildman–Crippen MR) is 101 cm³/mol. The minimum Gasteiger partial charge on any atom is -0.463 e. The van der Waals surface area contributed by atoms with E-state index in [1.54, 1.807) is 6.08 Å². The molecule has 0 saturated carbocycles. The summed E-state index contributed by atoms with van der Waals surface area (Å²) >= 11 is 6.87. The number of esters is 1. The molecule has 0 spiro atoms. The maximum Gasteiger partial charge on any atom is 0.331 e. The summed E-state index contributed by atoms with van der Waals surface area (Å²) in [6.45, 7) is 2.53. The molecule has 23 heavy (non-hydrogen) atoms. The Hall–Kier alpha value is -1.39. The number of halogens is 2. The summed E-state index contributed by atoms with van der Waals surface area (Å²) in [5, 5.41) is 0. The van der Waals surface area contributed by atoms with E-state index in [0.29, 0.717) is 6.61 Å². The van der Waals surface area contributed by atoms with Crippen molar-refractivity contribution in [2.75, 3.05) is 6.61 Å². The van der Waals surface area contributed by atoms with Crippen LogP contribution < -0.4 is 0 Å². The van der Waals surface area contributed by atoms with E-state index in [9.17, 15) is 4.79 Å². The van der Waals surface area contributed by atoms with Crippen molar-refractivity contribution in [2.45, 2.75) is 19.8 Å². The minimum atomic E-state index is -0.306. The fourth-order valence-electron chi connectivity index (χ4n) is 2.07. The quantitative estimate of drug-likeness (QED) is 0.315. The summed E-state index contributed by atoms with van der Waals surface area (Å²) in [6, 6.07) is 15.8. The lowest BCUT2D eigenvalue weighted by Gasteiger charge is -2.09. The third-order valence-corrected chi connectivity index (χ3v) is 4.37. The first-order valence-corrected chi connectivity index (χ1v) is 9.09. The van der Waals surface area contributed by atoms with Gasteiger partial charge in [-0.25, -0.2) is 4.79 Å². The third kappa shape index (κ3) is 5.63. The Kier molecular flexibility index (Phi) is 7.06. The average molecular weight is 438 g/mol. The number of ether oxygens (including phenoxy) is 1. The molecular formula is C19H18Br2O2. The molecule has 0 heterocycles. The van der Waals surface area contributed by atoms with Crippen LogP contribution in [0, 0.1) is 0 Å². The first kappa shape index (κ1) is 18.0. The van der Waals surface area contributed by atoms with Crippen LogP contribution in [0.25, 0.3) is 5.57 Å². The van der Waals surface area contributed by atoms with Crippen LogP contribution >= 0.6 is 31.9 Å². The Balaban J connectivity index is 2.32. The van der Waals surface area contributed by atoms with Crippen LogP contribution in [-0.4, -0.2) is 12.6 Å². The largest absolute Gasteiger partial charge is 0.463 e. The molecule has 0 amide bonds. The fourth-order valence-corrected chi connectivity index (χ4v) is 2.60. The molecule has 0 unspecified atom stereocenters. The van der Waals surface area contributed by atoms with Gasteiger partial charge in [0.1, 0.15) is 0 Å². The van der Waals surface area contributed by atoms with Gasteiger partial charge in [-0.1, -0.05) is 69.5 Å². The highest BCUT2D eigenvalue weighted by Gasteiger charge is 2.09. The van der Waals surface area contributed by atoms with Crippen molar-refractivity contribution < 1.29 is 9.53 Å². The molecule has 0 aliphatic rings. The average Bonchev–Trinajstić information content (AvgIpc) is 2.55. The number of carbonyl (C=O) groups excluding carboxylic acids is 1. The molecule has 0 aliphatic carbocycles. The second-order valence-electron chi connectivity index (χ2n) is 5.09. The number of unbranched alkanes of at least 4 members (excludes halogenated alkanes) is 1. The van der Waals surface area contributed by atoms with E-state index in [1.165, 1.54) is 0 Å². The zero-order chi connectivity index (χ0) is 16.7. The number of hydrogen-bond acceptors (Lipinski definition) is 2. The van der Waals surface area contributed by atoms with Gasteiger partial charge in [-0.05, 0) is 47.4 Å². The number of rotatable bonds is 6. The first-order valence-electron chi connectivity index (χ1n) is 7.50. The summed E-state index contributed by atoms with van der Waals surface area (Å²) in [6.07, 6.45) is 3.46. The maximum atomic E-state index is 12.1. The highest BCUT2D eigenvalue weighted by Crippen LogP contribution is 2.26. The van der Waals surface area contributed by atoms with Gasteiger partial charge >= 0.3 is 5.97 Å². The van der Waals surface area contributed by atoms with E-state index in [1.807, 2.05) is 48.5 Å². The number of benzene rings is 2. The van der Waals surface area contributed by atoms with Gasteiger partial charge in [0.2, 0.25) is 0 Å². The van der Waals surface area contributed by atoms with Crippen LogP contribution in [0.1, 0.15) is 30.9 Å². The van der Waals surface area contributed by atoms with Crippen LogP contribution in [-0.2, 0) is 9.53 Å². The molecule has 0 bridgehead atoms. The topological polar surface area (TPSA) is 26.3 Å². The molecule has 0 saturated heterocycles. The van der Waals surface area contributed by atoms with Gasteiger partial charge in [0.05, 0.1) is 6.61 Å². The summed E-state index contributed by atoms with van der Waals surface area (Å²) in [5.74, 6) is -0.306. The Morgan fingerprint density at radius 3 is 1.87 bits per heavy atom. The van der Waals surface area contributed by atoms with Crippen LogP contribution in [0.4, 0.5) is 0 Å². The molecule has 4 heteroatoms. The second kappa shape index (κ2) is 9.04. The zero-order valence-corrected chi connectivity index (χ0v) is 16.1. The highest BCUT2D eigenvalue weighted by molar-refractivity contribution is 9.10. The van der Waals surface area contributed by atoms with Gasteiger partial charge in [-0.3, -0.25) is 0 Å². The molecule has 0 aliphatic heterocycles. The monoisotopic (exact) mass is 436 g/mol. The normalized spacial score (nSPS) is 10.2. The van der Waals surface area contributed by atoms with Crippen LogP contribution in [0.15, 0.2) is 63.6 Å². The molecule has 0 radical (unpaired) electrons. The lowest BCUT2D eigenvalue weighted by molar-refractivity contribution is -0.137. The molecular weight excluding hydrogens is 420 g/mol. The smallest absolute Gasteiger partial charge is 0.331 e. The van der Waals surface area contributed by atoms with E-state index in [-0.39, 0.29) is 5.97 Å². The number of carbonyl (C=O) groups is 1. The van der Waals surface area contributed by atoms with Crippen LogP contribution in [0.3, 0.4) is 0 Å². The molecule has 2 rings (SSSR count). The van der Waals surface area contributed by atoms with E-state index < -0.39 is 0 Å². The van der Waals surface area contributed by atoms with Crippen molar-refractivity contribution in [3.63, 3.8) is 0 Å². The van der Waals surface area contributed by atoms with Gasteiger partial charge in [-0.2, -0.15) is 0 Å². The zero-order valence-electron chi connectivity index (χ0n) is 12.9. The van der Waals surface area contributed by atoms with Crippen molar-refractivity contribution in [1.29, 1.82) is 0 Å². The summed E-state index contributed by atoms with van der Waals surface area (Å²) in [4.78, 5) is 12.1. The number of hydrogen-bond donors (Lipinski definition) is 0. The lowest BCUT2D eigenvalue weighted by atomic mass is 9.98. The van der Waals surface area contributed by atoms with Crippen molar-refractivity contribution in [3.8, 4) is 0 Å². The lowest BCUT2D eigenvalue weighted by Crippen LogP contribution is -2.04. The Labute approximate surface area is 153 Å². The second-order valence-corrected chi connectivity index (χ2v) is 6.92. The van der Waals surface area contributed by atoms with E-state index in [4.69, 9.17) is 4.74 Å². The molecule has 2 nitrogen and oxygen atoms in total. The van der Waals surface area contributed by atoms with Gasteiger partial charge in [0.25, 0.3) is 0 Å². The summed E-state index contributed by atoms with van der Waals surface area (Å²) in [5.41, 5.74) is 2.80. The Morgan fingerprint density at radius 1 is 0.957 bits per heavy atom. The SMILES string of the molecule is CCCCOC(=O)C=C(c1ccc(Br)cc1)c1ccc(Br)cc1.